The van der Waals surface area contributed by atoms with Gasteiger partial charge in [-0.15, -0.1) is 0 Å². The number of halogens is 1. The van der Waals surface area contributed by atoms with Gasteiger partial charge in [0.15, 0.2) is 0 Å². The summed E-state index contributed by atoms with van der Waals surface area (Å²) in [5.41, 5.74) is 0. The van der Waals surface area contributed by atoms with Crippen LogP contribution in [-0.2, 0) is 0 Å². The summed E-state index contributed by atoms with van der Waals surface area (Å²) in [5, 5.41) is 0. The third-order valence-corrected chi connectivity index (χ3v) is 19.7. The molecule has 0 rings (SSSR count). The summed E-state index contributed by atoms with van der Waals surface area (Å²) < 4.78 is 10.5. The van der Waals surface area contributed by atoms with Crippen molar-refractivity contribution in [2.45, 2.75) is 59.3 Å². The first-order valence-electron chi connectivity index (χ1n) is 9.28. The molecule has 0 N–H and O–H groups in total. The zero-order chi connectivity index (χ0) is 18.1. The average molecular weight is 460 g/mol. The third kappa shape index (κ3) is 5.01. The molecule has 0 aromatic heterocycles. The number of unbranched alkanes of at least 4 members (excludes halogenated alkanes) is 3. The van der Waals surface area contributed by atoms with Gasteiger partial charge in [0, 0.05) is 0 Å². The van der Waals surface area contributed by atoms with Crippen molar-refractivity contribution < 1.29 is 0 Å². The van der Waals surface area contributed by atoms with Gasteiger partial charge in [-0.2, -0.15) is 0 Å². The Morgan fingerprint density at radius 1 is 0.609 bits per heavy atom. The van der Waals surface area contributed by atoms with Crippen LogP contribution in [0.3, 0.4) is 0 Å². The van der Waals surface area contributed by atoms with Crippen molar-refractivity contribution in [3.63, 3.8) is 0 Å². The Labute approximate surface area is 159 Å². The number of hydrogen-bond acceptors (Lipinski definition) is 4. The summed E-state index contributed by atoms with van der Waals surface area (Å²) in [5.74, 6) is 0. The Kier molecular flexibility index (Phi) is 11.3. The molecule has 0 radical (unpaired) electrons. The summed E-state index contributed by atoms with van der Waals surface area (Å²) in [6.07, 6.45) is 7.52. The van der Waals surface area contributed by atoms with Gasteiger partial charge in [0.25, 0.3) is 0 Å². The number of rotatable bonds is 13. The molecule has 0 saturated heterocycles. The second kappa shape index (κ2) is 10.9. The second-order valence-corrected chi connectivity index (χ2v) is 16.6. The summed E-state index contributed by atoms with van der Waals surface area (Å²) in [7, 11) is 11.6. The van der Waals surface area contributed by atoms with Crippen molar-refractivity contribution >= 4 is 26.9 Å². The minimum absolute atomic E-state index is 1.16. The summed E-state index contributed by atoms with van der Waals surface area (Å²) in [4.78, 5) is -2.49. The molecule has 0 amide bonds. The van der Waals surface area contributed by atoms with E-state index >= 15 is 0 Å². The van der Waals surface area contributed by atoms with Crippen molar-refractivity contribution in [2.24, 2.45) is 0 Å². The molecule has 4 nitrogen and oxygen atoms in total. The third-order valence-electron chi connectivity index (χ3n) is 4.95. The van der Waals surface area contributed by atoms with Gasteiger partial charge in [0.1, 0.15) is 0 Å². The molecule has 0 aliphatic carbocycles. The van der Waals surface area contributed by atoms with Crippen LogP contribution < -0.4 is 0 Å². The minimum atomic E-state index is -2.49. The van der Waals surface area contributed by atoms with Gasteiger partial charge in [-0.05, 0) is 0 Å². The maximum atomic E-state index is 2.83. The van der Waals surface area contributed by atoms with Gasteiger partial charge in [0.05, 0.1) is 0 Å². The van der Waals surface area contributed by atoms with Crippen LogP contribution in [0.1, 0.15) is 59.3 Å². The molecule has 0 aliphatic heterocycles. The quantitative estimate of drug-likeness (QED) is 0.273. The molecule has 142 valence electrons. The fourth-order valence-corrected chi connectivity index (χ4v) is 10.2. The van der Waals surface area contributed by atoms with E-state index in [4.69, 9.17) is 0 Å². The van der Waals surface area contributed by atoms with E-state index in [-0.39, 0.29) is 0 Å². The molecule has 0 bridgehead atoms. The van der Waals surface area contributed by atoms with Crippen LogP contribution in [0, 0.1) is 0 Å². The van der Waals surface area contributed by atoms with Gasteiger partial charge >= 0.3 is 160 Å². The first-order valence-corrected chi connectivity index (χ1v) is 14.1. The molecular formula is C17H42IN4P. The van der Waals surface area contributed by atoms with Crippen molar-refractivity contribution in [2.75, 3.05) is 54.9 Å². The number of hydrogen-bond donors (Lipinski definition) is 0. The topological polar surface area (TPSA) is 13.0 Å². The Hall–Kier alpha value is 1.00. The van der Waals surface area contributed by atoms with Crippen LogP contribution in [0.25, 0.3) is 0 Å². The van der Waals surface area contributed by atoms with Gasteiger partial charge in [-0.1, -0.05) is 0 Å². The molecule has 0 heterocycles. The predicted octanol–water partition coefficient (Wildman–Crippen LogP) is 5.31. The Balaban J connectivity index is 5.82. The summed E-state index contributed by atoms with van der Waals surface area (Å²) in [6.45, 7) is 10.3. The molecule has 23 heavy (non-hydrogen) atoms. The summed E-state index contributed by atoms with van der Waals surface area (Å²) >= 11 is 2.83. The van der Waals surface area contributed by atoms with E-state index in [2.05, 4.69) is 96.7 Å². The van der Waals surface area contributed by atoms with Crippen LogP contribution >= 0.6 is 26.9 Å². The van der Waals surface area contributed by atoms with E-state index in [1.165, 1.54) is 38.5 Å². The van der Waals surface area contributed by atoms with Crippen molar-refractivity contribution in [3.05, 3.63) is 0 Å². The van der Waals surface area contributed by atoms with Crippen LogP contribution in [0.5, 0.6) is 0 Å². The summed E-state index contributed by atoms with van der Waals surface area (Å²) in [6, 6.07) is 0. The Morgan fingerprint density at radius 2 is 0.870 bits per heavy atom. The molecule has 0 saturated carbocycles. The van der Waals surface area contributed by atoms with Crippen molar-refractivity contribution in [1.82, 2.24) is 18.7 Å². The first kappa shape index (κ1) is 24.0. The average Bonchev–Trinajstić information content (AvgIpc) is 2.53. The van der Waals surface area contributed by atoms with E-state index in [1.54, 1.807) is 0 Å². The Morgan fingerprint density at radius 3 is 1.04 bits per heavy atom. The van der Waals surface area contributed by atoms with E-state index in [0.29, 0.717) is 0 Å². The molecule has 0 spiro atoms. The van der Waals surface area contributed by atoms with Gasteiger partial charge in [-0.3, -0.25) is 0 Å². The predicted molar refractivity (Wildman–Crippen MR) is 117 cm³/mol. The SMILES string of the molecule is CCCCN(C)P(I)(N(C)C)(N(C)CCCC)N(C)CCCC. The van der Waals surface area contributed by atoms with E-state index < -0.39 is 4.85 Å². The molecule has 0 aromatic carbocycles. The second-order valence-electron chi connectivity index (χ2n) is 6.89. The molecule has 0 fully saturated rings. The van der Waals surface area contributed by atoms with Crippen LogP contribution in [0.4, 0.5) is 0 Å². The van der Waals surface area contributed by atoms with Crippen LogP contribution in [0.2, 0.25) is 0 Å². The number of nitrogens with zero attached hydrogens (tertiary/aromatic N) is 4. The van der Waals surface area contributed by atoms with Gasteiger partial charge < -0.3 is 0 Å². The van der Waals surface area contributed by atoms with Crippen LogP contribution in [0.15, 0.2) is 0 Å². The monoisotopic (exact) mass is 460 g/mol. The standard InChI is InChI=1S/C17H42IN4P/c1-9-12-15-20(6)23(18,19(4)5,21(7)16-13-10-2)22(8)17-14-11-3/h9-17H2,1-8H3. The van der Waals surface area contributed by atoms with Crippen molar-refractivity contribution in [3.8, 4) is 0 Å². The van der Waals surface area contributed by atoms with Gasteiger partial charge in [-0.25, -0.2) is 0 Å². The fraction of sp³-hybridized carbons (Fsp3) is 1.00. The Bertz CT molecular complexity index is 289. The molecule has 0 atom stereocenters. The first-order chi connectivity index (χ1) is 10.7. The molecular weight excluding hydrogens is 418 g/mol. The zero-order valence-electron chi connectivity index (χ0n) is 17.0. The molecule has 6 heteroatoms. The van der Waals surface area contributed by atoms with Crippen LogP contribution in [-0.4, -0.2) is 73.6 Å². The van der Waals surface area contributed by atoms with E-state index in [1.807, 2.05) is 0 Å². The molecule has 0 unspecified atom stereocenters. The molecule has 0 aromatic rings. The maximum absolute atomic E-state index is 2.83. The van der Waals surface area contributed by atoms with E-state index in [0.717, 1.165) is 19.6 Å². The molecule has 0 aliphatic rings. The fourth-order valence-electron chi connectivity index (χ4n) is 3.37. The normalized spacial score (nSPS) is 14.9. The van der Waals surface area contributed by atoms with Gasteiger partial charge in [0.2, 0.25) is 0 Å². The van der Waals surface area contributed by atoms with E-state index in [9.17, 15) is 0 Å². The zero-order valence-corrected chi connectivity index (χ0v) is 20.0. The van der Waals surface area contributed by atoms with Crippen molar-refractivity contribution in [1.29, 1.82) is 0 Å².